The first-order valence-corrected chi connectivity index (χ1v) is 6.49. The number of hydrogen-bond donors (Lipinski definition) is 0. The summed E-state index contributed by atoms with van der Waals surface area (Å²) in [5, 5.41) is 0. The Labute approximate surface area is 119 Å². The number of hydrogen-bond acceptors (Lipinski definition) is 5. The number of carbonyl (C=O) groups is 2. The molecule has 0 aromatic heterocycles. The molecule has 1 rings (SSSR count). The van der Waals surface area contributed by atoms with E-state index in [0.717, 1.165) is 0 Å². The predicted molar refractivity (Wildman–Crippen MR) is 73.0 cm³/mol. The van der Waals surface area contributed by atoms with E-state index < -0.39 is 23.4 Å². The van der Waals surface area contributed by atoms with E-state index in [1.807, 2.05) is 0 Å². The molecule has 0 aliphatic carbocycles. The Bertz CT molecular complexity index is 408. The third kappa shape index (κ3) is 4.23. The van der Waals surface area contributed by atoms with Gasteiger partial charge in [0.1, 0.15) is 11.3 Å². The molecule has 6 heteroatoms. The molecule has 1 atom stereocenters. The quantitative estimate of drug-likeness (QED) is 0.574. The van der Waals surface area contributed by atoms with Gasteiger partial charge in [0.2, 0.25) is 0 Å². The van der Waals surface area contributed by atoms with Crippen LogP contribution in [0.15, 0.2) is 12.2 Å². The van der Waals surface area contributed by atoms with E-state index in [1.165, 1.54) is 18.1 Å². The van der Waals surface area contributed by atoms with Crippen molar-refractivity contribution < 1.29 is 23.8 Å². The maximum atomic E-state index is 12.3. The molecule has 114 valence electrons. The fourth-order valence-corrected chi connectivity index (χ4v) is 1.90. The summed E-state index contributed by atoms with van der Waals surface area (Å²) in [6.07, 6.45) is 2.40. The highest BCUT2D eigenvalue weighted by Gasteiger charge is 2.44. The highest BCUT2D eigenvalue weighted by molar-refractivity contribution is 5.82. The first kappa shape index (κ1) is 16.5. The summed E-state index contributed by atoms with van der Waals surface area (Å²) in [5.74, 6) is -0.473. The molecule has 0 aromatic rings. The molecule has 1 heterocycles. The Balaban J connectivity index is 2.88. The fraction of sp³-hybridized carbons (Fsp3) is 0.714. The minimum absolute atomic E-state index is 0.305. The van der Waals surface area contributed by atoms with Crippen LogP contribution in [-0.4, -0.2) is 48.0 Å². The molecule has 20 heavy (non-hydrogen) atoms. The normalized spacial score (nSPS) is 22.1. The lowest BCUT2D eigenvalue weighted by molar-refractivity contribution is -0.134. The van der Waals surface area contributed by atoms with Crippen molar-refractivity contribution in [2.45, 2.75) is 52.0 Å². The molecule has 1 aliphatic rings. The number of amides is 1. The topological polar surface area (TPSA) is 65.1 Å². The standard InChI is InChI=1S/C14H23NO5/c1-13(2,3)20-12(17)15-10(7-8-11(16)18-6)9-19-14(15,4)5/h7-8,10H,9H2,1-6H3/b8-7+. The molecule has 1 fully saturated rings. The van der Waals surface area contributed by atoms with Crippen LogP contribution in [0.25, 0.3) is 0 Å². The molecule has 0 saturated carbocycles. The molecule has 0 N–H and O–H groups in total. The zero-order valence-corrected chi connectivity index (χ0v) is 12.9. The van der Waals surface area contributed by atoms with Crippen molar-refractivity contribution in [2.24, 2.45) is 0 Å². The fourth-order valence-electron chi connectivity index (χ4n) is 1.90. The molecule has 0 spiro atoms. The molecule has 1 unspecified atom stereocenters. The number of methoxy groups -OCH3 is 1. The lowest BCUT2D eigenvalue weighted by atomic mass is 10.2. The van der Waals surface area contributed by atoms with Crippen molar-refractivity contribution in [3.05, 3.63) is 12.2 Å². The van der Waals surface area contributed by atoms with Crippen molar-refractivity contribution in [1.29, 1.82) is 0 Å². The lowest BCUT2D eigenvalue weighted by Gasteiger charge is -2.34. The molecule has 6 nitrogen and oxygen atoms in total. The van der Waals surface area contributed by atoms with Crippen LogP contribution in [0.4, 0.5) is 4.79 Å². The highest BCUT2D eigenvalue weighted by Crippen LogP contribution is 2.29. The Kier molecular flexibility index (Phi) is 4.81. The van der Waals surface area contributed by atoms with Gasteiger partial charge >= 0.3 is 12.1 Å². The minimum Gasteiger partial charge on any atom is -0.466 e. The molecule has 1 aliphatic heterocycles. The summed E-state index contributed by atoms with van der Waals surface area (Å²) < 4.78 is 15.5. The largest absolute Gasteiger partial charge is 0.466 e. The zero-order valence-electron chi connectivity index (χ0n) is 12.9. The van der Waals surface area contributed by atoms with Crippen LogP contribution in [0.3, 0.4) is 0 Å². The monoisotopic (exact) mass is 285 g/mol. The SMILES string of the molecule is COC(=O)/C=C/C1COC(C)(C)N1C(=O)OC(C)(C)C. The van der Waals surface area contributed by atoms with E-state index in [1.54, 1.807) is 40.7 Å². The summed E-state index contributed by atoms with van der Waals surface area (Å²) in [5.41, 5.74) is -1.38. The molecule has 1 amide bonds. The van der Waals surface area contributed by atoms with Crippen molar-refractivity contribution in [3.8, 4) is 0 Å². The second-order valence-corrected chi connectivity index (χ2v) is 6.06. The average molecular weight is 285 g/mol. The van der Waals surface area contributed by atoms with Gasteiger partial charge in [-0.25, -0.2) is 9.59 Å². The Morgan fingerprint density at radius 3 is 2.45 bits per heavy atom. The van der Waals surface area contributed by atoms with Crippen LogP contribution in [-0.2, 0) is 19.0 Å². The molecule has 1 saturated heterocycles. The summed E-state index contributed by atoms with van der Waals surface area (Å²) in [6.45, 7) is 9.27. The van der Waals surface area contributed by atoms with E-state index >= 15 is 0 Å². The molecule has 0 radical (unpaired) electrons. The van der Waals surface area contributed by atoms with Crippen molar-refractivity contribution >= 4 is 12.1 Å². The van der Waals surface area contributed by atoms with E-state index in [-0.39, 0.29) is 6.04 Å². The predicted octanol–water partition coefficient (Wildman–Crippen LogP) is 2.09. The summed E-state index contributed by atoms with van der Waals surface area (Å²) >= 11 is 0. The molecule has 0 bridgehead atoms. The van der Waals surface area contributed by atoms with Gasteiger partial charge in [-0.3, -0.25) is 4.90 Å². The van der Waals surface area contributed by atoms with Gasteiger partial charge < -0.3 is 14.2 Å². The summed E-state index contributed by atoms with van der Waals surface area (Å²) in [6, 6.07) is -0.362. The zero-order chi connectivity index (χ0) is 15.6. The summed E-state index contributed by atoms with van der Waals surface area (Å²) in [7, 11) is 1.30. The van der Waals surface area contributed by atoms with Gasteiger partial charge in [0.25, 0.3) is 0 Å². The van der Waals surface area contributed by atoms with Crippen molar-refractivity contribution in [1.82, 2.24) is 4.90 Å². The van der Waals surface area contributed by atoms with Gasteiger partial charge in [0.15, 0.2) is 0 Å². The Hall–Kier alpha value is -1.56. The van der Waals surface area contributed by atoms with Crippen LogP contribution < -0.4 is 0 Å². The van der Waals surface area contributed by atoms with Crippen molar-refractivity contribution in [3.63, 3.8) is 0 Å². The van der Waals surface area contributed by atoms with Gasteiger partial charge in [-0.2, -0.15) is 0 Å². The Morgan fingerprint density at radius 1 is 1.35 bits per heavy atom. The second-order valence-electron chi connectivity index (χ2n) is 6.06. The van der Waals surface area contributed by atoms with Gasteiger partial charge in [0, 0.05) is 6.08 Å². The smallest absolute Gasteiger partial charge is 0.413 e. The van der Waals surface area contributed by atoms with Gasteiger partial charge in [-0.05, 0) is 34.6 Å². The lowest BCUT2D eigenvalue weighted by Crippen LogP contribution is -2.49. The summed E-state index contributed by atoms with van der Waals surface area (Å²) in [4.78, 5) is 24.9. The van der Waals surface area contributed by atoms with Crippen LogP contribution in [0, 0.1) is 0 Å². The van der Waals surface area contributed by atoms with Gasteiger partial charge in [-0.1, -0.05) is 6.08 Å². The van der Waals surface area contributed by atoms with Crippen LogP contribution in [0.5, 0.6) is 0 Å². The molecular formula is C14H23NO5. The van der Waals surface area contributed by atoms with Crippen LogP contribution in [0.2, 0.25) is 0 Å². The molecular weight excluding hydrogens is 262 g/mol. The van der Waals surface area contributed by atoms with Crippen LogP contribution in [0.1, 0.15) is 34.6 Å². The van der Waals surface area contributed by atoms with Crippen molar-refractivity contribution in [2.75, 3.05) is 13.7 Å². The Morgan fingerprint density at radius 2 is 1.95 bits per heavy atom. The first-order chi connectivity index (χ1) is 9.07. The maximum absolute atomic E-state index is 12.3. The van der Waals surface area contributed by atoms with Gasteiger partial charge in [-0.15, -0.1) is 0 Å². The number of rotatable bonds is 2. The number of ether oxygens (including phenoxy) is 3. The maximum Gasteiger partial charge on any atom is 0.413 e. The van der Waals surface area contributed by atoms with Crippen LogP contribution >= 0.6 is 0 Å². The third-order valence-corrected chi connectivity index (χ3v) is 2.76. The second kappa shape index (κ2) is 5.83. The number of carbonyl (C=O) groups excluding carboxylic acids is 2. The van der Waals surface area contributed by atoms with E-state index in [2.05, 4.69) is 4.74 Å². The number of nitrogens with zero attached hydrogens (tertiary/aromatic N) is 1. The average Bonchev–Trinajstić information content (AvgIpc) is 2.59. The molecule has 0 aromatic carbocycles. The number of esters is 1. The van der Waals surface area contributed by atoms with E-state index in [9.17, 15) is 9.59 Å². The van der Waals surface area contributed by atoms with E-state index in [0.29, 0.717) is 6.61 Å². The van der Waals surface area contributed by atoms with Gasteiger partial charge in [0.05, 0.1) is 19.8 Å². The minimum atomic E-state index is -0.784. The highest BCUT2D eigenvalue weighted by atomic mass is 16.6. The first-order valence-electron chi connectivity index (χ1n) is 6.49. The third-order valence-electron chi connectivity index (χ3n) is 2.76. The van der Waals surface area contributed by atoms with E-state index in [4.69, 9.17) is 9.47 Å².